The summed E-state index contributed by atoms with van der Waals surface area (Å²) in [7, 11) is 0. The van der Waals surface area contributed by atoms with Gasteiger partial charge in [-0.15, -0.1) is 0 Å². The van der Waals surface area contributed by atoms with E-state index < -0.39 is 0 Å². The molecule has 0 saturated heterocycles. The van der Waals surface area contributed by atoms with E-state index in [2.05, 4.69) is 48.6 Å². The van der Waals surface area contributed by atoms with E-state index in [-0.39, 0.29) is 0 Å². The molecule has 2 aromatic rings. The first-order valence-corrected chi connectivity index (χ1v) is 10.1. The Morgan fingerprint density at radius 3 is 2.24 bits per heavy atom. The maximum Gasteiger partial charge on any atom is 0.134 e. The summed E-state index contributed by atoms with van der Waals surface area (Å²) in [5, 5.41) is 3.83. The minimum atomic E-state index is 0.559. The quantitative estimate of drug-likeness (QED) is 0.765. The summed E-state index contributed by atoms with van der Waals surface area (Å²) in [6.45, 7) is 3.27. The normalized spacial score (nSPS) is 34.4. The molecule has 4 bridgehead atoms. The number of nitrogens with one attached hydrogen (secondary N) is 1. The molecule has 1 aromatic carbocycles. The Bertz CT molecular complexity index is 696. The van der Waals surface area contributed by atoms with Gasteiger partial charge >= 0.3 is 0 Å². The predicted molar refractivity (Wildman–Crippen MR) is 101 cm³/mol. The van der Waals surface area contributed by atoms with Gasteiger partial charge in [-0.3, -0.25) is 0 Å². The molecule has 0 spiro atoms. The number of furan rings is 1. The fourth-order valence-corrected chi connectivity index (χ4v) is 6.41. The second kappa shape index (κ2) is 6.02. The summed E-state index contributed by atoms with van der Waals surface area (Å²) in [5.41, 5.74) is 1.71. The molecule has 1 heterocycles. The van der Waals surface area contributed by atoms with Gasteiger partial charge in [0.15, 0.2) is 0 Å². The lowest BCUT2D eigenvalue weighted by atomic mass is 9.48. The molecular weight excluding hydrogens is 306 g/mol. The minimum Gasteiger partial charge on any atom is -0.460 e. The third kappa shape index (κ3) is 2.85. The number of rotatable bonds is 5. The van der Waals surface area contributed by atoms with Crippen LogP contribution in [0.2, 0.25) is 0 Å². The first kappa shape index (κ1) is 15.7. The lowest BCUT2D eigenvalue weighted by molar-refractivity contribution is -0.0708. The van der Waals surface area contributed by atoms with Crippen molar-refractivity contribution in [2.75, 3.05) is 0 Å². The van der Waals surface area contributed by atoms with Gasteiger partial charge in [-0.1, -0.05) is 30.3 Å². The van der Waals surface area contributed by atoms with Crippen LogP contribution in [0.25, 0.3) is 11.3 Å². The SMILES string of the molecule is C[C@H](NCc1ccc(-c2ccccc2)o1)C12CC3CC(CC(C3)C1)C2. The van der Waals surface area contributed by atoms with Gasteiger partial charge in [0.25, 0.3) is 0 Å². The van der Waals surface area contributed by atoms with Gasteiger partial charge in [0.05, 0.1) is 6.54 Å². The molecule has 2 nitrogen and oxygen atoms in total. The van der Waals surface area contributed by atoms with E-state index in [9.17, 15) is 0 Å². The van der Waals surface area contributed by atoms with Crippen molar-refractivity contribution in [2.24, 2.45) is 23.2 Å². The van der Waals surface area contributed by atoms with Crippen LogP contribution < -0.4 is 5.32 Å². The molecule has 0 amide bonds. The third-order valence-electron chi connectivity index (χ3n) is 7.31. The molecule has 1 N–H and O–H groups in total. The fourth-order valence-electron chi connectivity index (χ4n) is 6.41. The molecule has 25 heavy (non-hydrogen) atoms. The maximum absolute atomic E-state index is 6.08. The van der Waals surface area contributed by atoms with Crippen molar-refractivity contribution in [2.45, 2.75) is 58.0 Å². The largest absolute Gasteiger partial charge is 0.460 e. The highest BCUT2D eigenvalue weighted by molar-refractivity contribution is 5.57. The van der Waals surface area contributed by atoms with Crippen LogP contribution in [0, 0.1) is 23.2 Å². The molecule has 4 saturated carbocycles. The molecule has 1 atom stereocenters. The molecule has 4 aliphatic carbocycles. The van der Waals surface area contributed by atoms with Gasteiger partial charge in [-0.2, -0.15) is 0 Å². The highest BCUT2D eigenvalue weighted by Crippen LogP contribution is 2.61. The zero-order valence-corrected chi connectivity index (χ0v) is 15.2. The molecule has 6 rings (SSSR count). The topological polar surface area (TPSA) is 25.2 Å². The minimum absolute atomic E-state index is 0.559. The van der Waals surface area contributed by atoms with Crippen molar-refractivity contribution < 1.29 is 4.42 Å². The zero-order chi connectivity index (χ0) is 16.9. The van der Waals surface area contributed by atoms with E-state index in [1.54, 1.807) is 0 Å². The molecule has 0 radical (unpaired) electrons. The maximum atomic E-state index is 6.08. The lowest BCUT2D eigenvalue weighted by Crippen LogP contribution is -2.54. The van der Waals surface area contributed by atoms with Gasteiger partial charge < -0.3 is 9.73 Å². The molecular formula is C23H29NO. The fraction of sp³-hybridized carbons (Fsp3) is 0.565. The monoisotopic (exact) mass is 335 g/mol. The first-order valence-electron chi connectivity index (χ1n) is 10.1. The Morgan fingerprint density at radius 2 is 1.60 bits per heavy atom. The predicted octanol–water partition coefficient (Wildman–Crippen LogP) is 5.64. The summed E-state index contributed by atoms with van der Waals surface area (Å²) in [5.74, 6) is 5.08. The second-order valence-corrected chi connectivity index (χ2v) is 9.01. The first-order chi connectivity index (χ1) is 12.2. The Labute approximate surface area is 151 Å². The van der Waals surface area contributed by atoms with Crippen molar-refractivity contribution in [3.63, 3.8) is 0 Å². The van der Waals surface area contributed by atoms with Crippen LogP contribution in [-0.4, -0.2) is 6.04 Å². The Kier molecular flexibility index (Phi) is 3.78. The van der Waals surface area contributed by atoms with Crippen molar-refractivity contribution in [1.82, 2.24) is 5.32 Å². The summed E-state index contributed by atoms with van der Waals surface area (Å²) < 4.78 is 6.08. The van der Waals surface area contributed by atoms with Crippen LogP contribution in [0.4, 0.5) is 0 Å². The molecule has 4 aliphatic rings. The van der Waals surface area contributed by atoms with Crippen molar-refractivity contribution in [3.8, 4) is 11.3 Å². The molecule has 0 unspecified atom stereocenters. The van der Waals surface area contributed by atoms with E-state index in [4.69, 9.17) is 4.42 Å². The third-order valence-corrected chi connectivity index (χ3v) is 7.31. The Morgan fingerprint density at radius 1 is 0.960 bits per heavy atom. The van der Waals surface area contributed by atoms with Crippen LogP contribution in [0.3, 0.4) is 0 Å². The van der Waals surface area contributed by atoms with E-state index in [0.29, 0.717) is 11.5 Å². The summed E-state index contributed by atoms with van der Waals surface area (Å²) in [6, 6.07) is 15.2. The van der Waals surface area contributed by atoms with Crippen LogP contribution in [0.5, 0.6) is 0 Å². The van der Waals surface area contributed by atoms with E-state index in [1.165, 1.54) is 38.5 Å². The smallest absolute Gasteiger partial charge is 0.134 e. The van der Waals surface area contributed by atoms with Crippen molar-refractivity contribution >= 4 is 0 Å². The van der Waals surface area contributed by atoms with Gasteiger partial charge in [0, 0.05) is 11.6 Å². The van der Waals surface area contributed by atoms with Crippen LogP contribution >= 0.6 is 0 Å². The molecule has 0 aliphatic heterocycles. The Balaban J connectivity index is 1.25. The van der Waals surface area contributed by atoms with Crippen molar-refractivity contribution in [3.05, 3.63) is 48.2 Å². The standard InChI is InChI=1S/C23H29NO/c1-16(23-12-17-9-18(13-23)11-19(10-17)14-23)24-15-21-7-8-22(25-21)20-5-3-2-4-6-20/h2-8,16-19,24H,9-15H2,1H3/t16-,17?,18?,19?,23?/m0/s1. The molecule has 132 valence electrons. The van der Waals surface area contributed by atoms with Crippen molar-refractivity contribution in [1.29, 1.82) is 0 Å². The molecule has 4 fully saturated rings. The van der Waals surface area contributed by atoms with Gasteiger partial charge in [-0.25, -0.2) is 0 Å². The van der Waals surface area contributed by atoms with E-state index in [1.807, 2.05) is 6.07 Å². The average Bonchev–Trinajstić information content (AvgIpc) is 3.08. The highest BCUT2D eigenvalue weighted by atomic mass is 16.3. The number of hydrogen-bond acceptors (Lipinski definition) is 2. The van der Waals surface area contributed by atoms with Crippen LogP contribution in [0.1, 0.15) is 51.2 Å². The zero-order valence-electron chi connectivity index (χ0n) is 15.2. The lowest BCUT2D eigenvalue weighted by Gasteiger charge is -2.59. The molecule has 1 aromatic heterocycles. The Hall–Kier alpha value is -1.54. The molecule has 2 heteroatoms. The van der Waals surface area contributed by atoms with Crippen LogP contribution in [-0.2, 0) is 6.54 Å². The summed E-state index contributed by atoms with van der Waals surface area (Å²) in [6.07, 6.45) is 8.93. The average molecular weight is 335 g/mol. The van der Waals surface area contributed by atoms with Gasteiger partial charge in [0.1, 0.15) is 11.5 Å². The van der Waals surface area contributed by atoms with Crippen LogP contribution in [0.15, 0.2) is 46.9 Å². The summed E-state index contributed by atoms with van der Waals surface area (Å²) in [4.78, 5) is 0. The number of benzene rings is 1. The van der Waals surface area contributed by atoms with Gasteiger partial charge in [-0.05, 0) is 80.8 Å². The van der Waals surface area contributed by atoms with Gasteiger partial charge in [0.2, 0.25) is 0 Å². The second-order valence-electron chi connectivity index (χ2n) is 9.01. The highest BCUT2D eigenvalue weighted by Gasteiger charge is 2.52. The van der Waals surface area contributed by atoms with E-state index in [0.717, 1.165) is 41.4 Å². The number of hydrogen-bond donors (Lipinski definition) is 1. The van der Waals surface area contributed by atoms with E-state index >= 15 is 0 Å². The summed E-state index contributed by atoms with van der Waals surface area (Å²) >= 11 is 0.